The van der Waals surface area contributed by atoms with Crippen LogP contribution in [0.5, 0.6) is 0 Å². The van der Waals surface area contributed by atoms with Crippen LogP contribution < -0.4 is 5.32 Å². The van der Waals surface area contributed by atoms with Crippen molar-refractivity contribution in [3.63, 3.8) is 0 Å². The summed E-state index contributed by atoms with van der Waals surface area (Å²) in [6.45, 7) is 1.37. The van der Waals surface area contributed by atoms with E-state index in [-0.39, 0.29) is 16.9 Å². The van der Waals surface area contributed by atoms with Gasteiger partial charge in [-0.1, -0.05) is 18.2 Å². The number of nitro benzene ring substituents is 1. The molecule has 3 aromatic rings. The lowest BCUT2D eigenvalue weighted by Gasteiger charge is -2.14. The van der Waals surface area contributed by atoms with Crippen molar-refractivity contribution in [1.82, 2.24) is 20.2 Å². The molecule has 1 atom stereocenters. The Morgan fingerprint density at radius 3 is 2.71 bits per heavy atom. The Morgan fingerprint density at radius 2 is 2.00 bits per heavy atom. The molecule has 1 aromatic heterocycles. The fourth-order valence-corrected chi connectivity index (χ4v) is 2.31. The van der Waals surface area contributed by atoms with Crippen LogP contribution in [0.2, 0.25) is 0 Å². The van der Waals surface area contributed by atoms with Crippen LogP contribution >= 0.6 is 0 Å². The molecule has 2 aromatic carbocycles. The minimum absolute atomic E-state index is 0.0149. The summed E-state index contributed by atoms with van der Waals surface area (Å²) >= 11 is 0. The topological polar surface area (TPSA) is 142 Å². The van der Waals surface area contributed by atoms with E-state index in [1.807, 2.05) is 0 Å². The van der Waals surface area contributed by atoms with Gasteiger partial charge in [-0.25, -0.2) is 9.48 Å². The van der Waals surface area contributed by atoms with Gasteiger partial charge in [0.1, 0.15) is 12.0 Å². The summed E-state index contributed by atoms with van der Waals surface area (Å²) in [6, 6.07) is 12.0. The third-order valence-electron chi connectivity index (χ3n) is 3.71. The zero-order chi connectivity index (χ0) is 20.1. The number of anilines is 1. The summed E-state index contributed by atoms with van der Waals surface area (Å²) < 4.78 is 6.52. The molecule has 0 spiro atoms. The van der Waals surface area contributed by atoms with Crippen LogP contribution in [0.15, 0.2) is 54.9 Å². The van der Waals surface area contributed by atoms with Crippen LogP contribution in [-0.4, -0.2) is 43.1 Å². The van der Waals surface area contributed by atoms with Gasteiger partial charge in [-0.2, -0.15) is 0 Å². The number of amides is 1. The summed E-state index contributed by atoms with van der Waals surface area (Å²) in [5.41, 5.74) is 0.486. The molecule has 0 aliphatic carbocycles. The molecule has 0 aliphatic heterocycles. The quantitative estimate of drug-likeness (QED) is 0.386. The smallest absolute Gasteiger partial charge is 0.338 e. The predicted octanol–water partition coefficient (Wildman–Crippen LogP) is 1.75. The number of nitrogens with zero attached hydrogens (tertiary/aromatic N) is 5. The maximum atomic E-state index is 12.3. The number of benzene rings is 2. The second-order valence-electron chi connectivity index (χ2n) is 5.62. The van der Waals surface area contributed by atoms with Gasteiger partial charge in [0.15, 0.2) is 6.10 Å². The molecule has 1 heterocycles. The number of carbonyl (C=O) groups excluding carboxylic acids is 2. The average molecular weight is 382 g/mol. The first-order chi connectivity index (χ1) is 13.5. The lowest BCUT2D eigenvalue weighted by molar-refractivity contribution is -0.383. The summed E-state index contributed by atoms with van der Waals surface area (Å²) in [5, 5.41) is 24.2. The summed E-state index contributed by atoms with van der Waals surface area (Å²) in [6.07, 6.45) is 0.191. The van der Waals surface area contributed by atoms with Crippen molar-refractivity contribution < 1.29 is 19.2 Å². The predicted molar refractivity (Wildman–Crippen MR) is 95.8 cm³/mol. The number of hydrogen-bond donors (Lipinski definition) is 1. The third kappa shape index (κ3) is 4.15. The van der Waals surface area contributed by atoms with Gasteiger partial charge in [-0.3, -0.25) is 14.9 Å². The van der Waals surface area contributed by atoms with Gasteiger partial charge in [0.2, 0.25) is 0 Å². The number of aromatic nitrogens is 4. The second kappa shape index (κ2) is 8.03. The summed E-state index contributed by atoms with van der Waals surface area (Å²) in [4.78, 5) is 35.0. The normalized spacial score (nSPS) is 11.5. The van der Waals surface area contributed by atoms with Gasteiger partial charge < -0.3 is 10.1 Å². The molecule has 1 unspecified atom stereocenters. The fourth-order valence-electron chi connectivity index (χ4n) is 2.31. The fraction of sp³-hybridized carbons (Fsp3) is 0.118. The largest absolute Gasteiger partial charge is 0.449 e. The Bertz CT molecular complexity index is 1020. The zero-order valence-corrected chi connectivity index (χ0v) is 14.6. The number of esters is 1. The number of nitro groups is 1. The number of carbonyl (C=O) groups is 2. The molecule has 3 rings (SSSR count). The lowest BCUT2D eigenvalue weighted by atomic mass is 10.2. The van der Waals surface area contributed by atoms with Crippen molar-refractivity contribution in [2.24, 2.45) is 0 Å². The molecule has 0 saturated heterocycles. The van der Waals surface area contributed by atoms with Gasteiger partial charge in [-0.05, 0) is 41.6 Å². The number of tetrazole rings is 1. The highest BCUT2D eigenvalue weighted by Crippen LogP contribution is 2.23. The summed E-state index contributed by atoms with van der Waals surface area (Å²) in [7, 11) is 0. The lowest BCUT2D eigenvalue weighted by Crippen LogP contribution is -2.30. The average Bonchev–Trinajstić information content (AvgIpc) is 3.23. The van der Waals surface area contributed by atoms with Crippen molar-refractivity contribution in [3.8, 4) is 5.69 Å². The molecule has 0 aliphatic rings. The summed E-state index contributed by atoms with van der Waals surface area (Å²) in [5.74, 6) is -1.43. The maximum Gasteiger partial charge on any atom is 0.338 e. The second-order valence-corrected chi connectivity index (χ2v) is 5.62. The van der Waals surface area contributed by atoms with Gasteiger partial charge in [-0.15, -0.1) is 5.10 Å². The highest BCUT2D eigenvalue weighted by atomic mass is 16.6. The third-order valence-corrected chi connectivity index (χ3v) is 3.71. The number of hydrogen-bond acceptors (Lipinski definition) is 8. The minimum Gasteiger partial charge on any atom is -0.449 e. The van der Waals surface area contributed by atoms with Gasteiger partial charge in [0, 0.05) is 6.07 Å². The Hall–Kier alpha value is -4.15. The highest BCUT2D eigenvalue weighted by molar-refractivity contribution is 5.98. The standard InChI is InChI=1S/C17H14N6O5/c1-11(16(24)19-14-7-2-3-8-15(14)23(26)27)28-17(25)12-5-4-6-13(9-12)22-10-18-20-21-22/h2-11H,1H3,(H,19,24). The molecule has 1 amide bonds. The van der Waals surface area contributed by atoms with Crippen molar-refractivity contribution in [3.05, 3.63) is 70.5 Å². The molecule has 28 heavy (non-hydrogen) atoms. The Kier molecular flexibility index (Phi) is 5.35. The highest BCUT2D eigenvalue weighted by Gasteiger charge is 2.22. The number of nitrogens with one attached hydrogen (secondary N) is 1. The van der Waals surface area contributed by atoms with E-state index >= 15 is 0 Å². The van der Waals surface area contributed by atoms with Crippen LogP contribution in [0.3, 0.4) is 0 Å². The molecular formula is C17H14N6O5. The number of rotatable bonds is 6. The van der Waals surface area contributed by atoms with Crippen LogP contribution in [0.4, 0.5) is 11.4 Å². The van der Waals surface area contributed by atoms with Gasteiger partial charge >= 0.3 is 5.97 Å². The SMILES string of the molecule is CC(OC(=O)c1cccc(-n2cnnn2)c1)C(=O)Nc1ccccc1[N+](=O)[O-]. The Balaban J connectivity index is 1.68. The molecule has 11 nitrogen and oxygen atoms in total. The van der Waals surface area contributed by atoms with E-state index in [1.54, 1.807) is 18.2 Å². The molecular weight excluding hydrogens is 368 g/mol. The molecule has 0 radical (unpaired) electrons. The van der Waals surface area contributed by atoms with E-state index in [0.717, 1.165) is 0 Å². The van der Waals surface area contributed by atoms with Crippen molar-refractivity contribution in [2.75, 3.05) is 5.32 Å². The first-order valence-electron chi connectivity index (χ1n) is 8.04. The Labute approximate surface area is 158 Å². The molecule has 0 bridgehead atoms. The molecule has 11 heteroatoms. The molecule has 0 fully saturated rings. The van der Waals surface area contributed by atoms with Crippen molar-refractivity contribution in [1.29, 1.82) is 0 Å². The minimum atomic E-state index is -1.18. The van der Waals surface area contributed by atoms with E-state index < -0.39 is 22.9 Å². The monoisotopic (exact) mass is 382 g/mol. The van der Waals surface area contributed by atoms with Gasteiger partial charge in [0.05, 0.1) is 16.2 Å². The van der Waals surface area contributed by atoms with E-state index in [4.69, 9.17) is 4.74 Å². The first kappa shape index (κ1) is 18.6. The molecule has 1 N–H and O–H groups in total. The van der Waals surface area contributed by atoms with E-state index in [1.165, 1.54) is 48.3 Å². The Morgan fingerprint density at radius 1 is 1.21 bits per heavy atom. The van der Waals surface area contributed by atoms with E-state index in [2.05, 4.69) is 20.8 Å². The molecule has 0 saturated carbocycles. The number of para-hydroxylation sites is 2. The van der Waals surface area contributed by atoms with Crippen molar-refractivity contribution in [2.45, 2.75) is 13.0 Å². The van der Waals surface area contributed by atoms with Crippen LogP contribution in [0.25, 0.3) is 5.69 Å². The van der Waals surface area contributed by atoms with Crippen LogP contribution in [-0.2, 0) is 9.53 Å². The maximum absolute atomic E-state index is 12.3. The van der Waals surface area contributed by atoms with E-state index in [9.17, 15) is 19.7 Å². The first-order valence-corrected chi connectivity index (χ1v) is 8.04. The van der Waals surface area contributed by atoms with Gasteiger partial charge in [0.25, 0.3) is 11.6 Å². The molecule has 142 valence electrons. The zero-order valence-electron chi connectivity index (χ0n) is 14.6. The van der Waals surface area contributed by atoms with E-state index in [0.29, 0.717) is 5.69 Å². The van der Waals surface area contributed by atoms with Crippen molar-refractivity contribution >= 4 is 23.3 Å². The van der Waals surface area contributed by atoms with Crippen LogP contribution in [0, 0.1) is 10.1 Å². The van der Waals surface area contributed by atoms with Crippen LogP contribution in [0.1, 0.15) is 17.3 Å². The number of ether oxygens (including phenoxy) is 1.